The molecule has 0 aromatic rings. The minimum absolute atomic E-state index is 0.495. The first-order valence-corrected chi connectivity index (χ1v) is 11.3. The van der Waals surface area contributed by atoms with Crippen LogP contribution in [0.15, 0.2) is 12.2 Å². The van der Waals surface area contributed by atoms with Gasteiger partial charge in [0.1, 0.15) is 0 Å². The van der Waals surface area contributed by atoms with Gasteiger partial charge in [-0.15, -0.1) is 0 Å². The highest BCUT2D eigenvalue weighted by Gasteiger charge is 2.56. The van der Waals surface area contributed by atoms with E-state index in [0.29, 0.717) is 13.0 Å². The van der Waals surface area contributed by atoms with E-state index >= 15 is 0 Å². The molecule has 1 nitrogen and oxygen atoms in total. The molecule has 0 aromatic heterocycles. The number of hydrogen-bond donors (Lipinski definition) is 0. The van der Waals surface area contributed by atoms with Gasteiger partial charge in [-0.1, -0.05) is 83.8 Å². The van der Waals surface area contributed by atoms with E-state index < -0.39 is 18.5 Å². The van der Waals surface area contributed by atoms with Crippen LogP contribution >= 0.6 is 0 Å². The number of unbranched alkanes of at least 4 members (excludes halogenated alkanes) is 10. The van der Waals surface area contributed by atoms with E-state index in [9.17, 15) is 22.0 Å². The van der Waals surface area contributed by atoms with Crippen LogP contribution in [0.1, 0.15) is 104 Å². The Kier molecular flexibility index (Phi) is 16.7. The Balaban J connectivity index is 3.27. The summed E-state index contributed by atoms with van der Waals surface area (Å²) in [5.74, 6) is -3.82. The smallest absolute Gasteiger partial charge is 0.381 e. The fourth-order valence-electron chi connectivity index (χ4n) is 3.03. The second kappa shape index (κ2) is 17.1. The van der Waals surface area contributed by atoms with E-state index in [-0.39, 0.29) is 0 Å². The van der Waals surface area contributed by atoms with Crippen LogP contribution in [-0.2, 0) is 4.74 Å². The average Bonchev–Trinajstić information content (AvgIpc) is 2.62. The highest BCUT2D eigenvalue weighted by molar-refractivity contribution is 4.90. The van der Waals surface area contributed by atoms with Crippen molar-refractivity contribution in [3.63, 3.8) is 0 Å². The Labute approximate surface area is 174 Å². The minimum atomic E-state index is -5.47. The zero-order valence-electron chi connectivity index (χ0n) is 18.3. The molecule has 0 unspecified atom stereocenters. The summed E-state index contributed by atoms with van der Waals surface area (Å²) in [6.07, 6.45) is 10.4. The van der Waals surface area contributed by atoms with Crippen molar-refractivity contribution in [3.8, 4) is 0 Å². The van der Waals surface area contributed by atoms with Crippen LogP contribution < -0.4 is 0 Å². The largest absolute Gasteiger partial charge is 0.453 e. The number of halogens is 5. The molecule has 0 atom stereocenters. The molecule has 29 heavy (non-hydrogen) atoms. The van der Waals surface area contributed by atoms with E-state index in [2.05, 4.69) is 13.8 Å². The number of hydrogen-bond acceptors (Lipinski definition) is 1. The van der Waals surface area contributed by atoms with Crippen molar-refractivity contribution in [3.05, 3.63) is 12.2 Å². The molecule has 0 saturated carbocycles. The van der Waals surface area contributed by atoms with E-state index in [4.69, 9.17) is 4.74 Å². The lowest BCUT2D eigenvalue weighted by atomic mass is 10.0. The molecule has 0 aliphatic rings. The van der Waals surface area contributed by atoms with Crippen LogP contribution in [0, 0.1) is 5.92 Å². The van der Waals surface area contributed by atoms with Gasteiger partial charge in [0, 0.05) is 19.6 Å². The summed E-state index contributed by atoms with van der Waals surface area (Å²) in [5, 5.41) is 0. The Morgan fingerprint density at radius 3 is 1.66 bits per heavy atom. The van der Waals surface area contributed by atoms with Crippen LogP contribution in [0.25, 0.3) is 0 Å². The molecule has 174 valence electrons. The summed E-state index contributed by atoms with van der Waals surface area (Å²) in [7, 11) is 0. The molecule has 0 radical (unpaired) electrons. The van der Waals surface area contributed by atoms with Crippen LogP contribution in [0.5, 0.6) is 0 Å². The monoisotopic (exact) mass is 428 g/mol. The number of allylic oxidation sites excluding steroid dienone is 2. The third-order valence-corrected chi connectivity index (χ3v) is 4.94. The van der Waals surface area contributed by atoms with Gasteiger partial charge >= 0.3 is 12.1 Å². The molecule has 0 heterocycles. The van der Waals surface area contributed by atoms with Gasteiger partial charge in [-0.2, -0.15) is 22.0 Å². The van der Waals surface area contributed by atoms with Crippen LogP contribution in [0.3, 0.4) is 0 Å². The second-order valence-electron chi connectivity index (χ2n) is 8.35. The third-order valence-electron chi connectivity index (χ3n) is 4.94. The van der Waals surface area contributed by atoms with E-state index in [1.807, 2.05) is 0 Å². The first-order chi connectivity index (χ1) is 13.7. The van der Waals surface area contributed by atoms with Crippen molar-refractivity contribution in [2.75, 3.05) is 13.2 Å². The van der Waals surface area contributed by atoms with Crippen LogP contribution in [0.4, 0.5) is 22.0 Å². The van der Waals surface area contributed by atoms with Crippen molar-refractivity contribution >= 4 is 0 Å². The van der Waals surface area contributed by atoms with Gasteiger partial charge < -0.3 is 4.74 Å². The highest BCUT2D eigenvalue weighted by atomic mass is 19.4. The first kappa shape index (κ1) is 28.4. The summed E-state index contributed by atoms with van der Waals surface area (Å²) < 4.78 is 66.8. The quantitative estimate of drug-likeness (QED) is 0.113. The van der Waals surface area contributed by atoms with Crippen LogP contribution in [-0.4, -0.2) is 25.3 Å². The highest BCUT2D eigenvalue weighted by Crippen LogP contribution is 2.38. The van der Waals surface area contributed by atoms with Gasteiger partial charge in [-0.25, -0.2) is 0 Å². The van der Waals surface area contributed by atoms with Crippen molar-refractivity contribution in [2.45, 2.75) is 116 Å². The molecule has 0 aromatic carbocycles. The third kappa shape index (κ3) is 17.9. The summed E-state index contributed by atoms with van der Waals surface area (Å²) in [4.78, 5) is 0. The minimum Gasteiger partial charge on any atom is -0.381 e. The predicted octanol–water partition coefficient (Wildman–Crippen LogP) is 8.87. The van der Waals surface area contributed by atoms with Gasteiger partial charge in [0.2, 0.25) is 0 Å². The maximum atomic E-state index is 12.7. The Hall–Kier alpha value is -0.650. The fourth-order valence-corrected chi connectivity index (χ4v) is 3.03. The van der Waals surface area contributed by atoms with E-state index in [1.165, 1.54) is 63.9 Å². The van der Waals surface area contributed by atoms with Gasteiger partial charge in [0.15, 0.2) is 0 Å². The molecule has 6 heteroatoms. The molecule has 0 rings (SSSR count). The summed E-state index contributed by atoms with van der Waals surface area (Å²) in [5.41, 5.74) is 0. The zero-order chi connectivity index (χ0) is 22.0. The van der Waals surface area contributed by atoms with Crippen molar-refractivity contribution in [1.29, 1.82) is 0 Å². The van der Waals surface area contributed by atoms with Gasteiger partial charge in [0.05, 0.1) is 0 Å². The average molecular weight is 429 g/mol. The second-order valence-corrected chi connectivity index (χ2v) is 8.35. The summed E-state index contributed by atoms with van der Waals surface area (Å²) >= 11 is 0. The van der Waals surface area contributed by atoms with Crippen molar-refractivity contribution in [2.24, 2.45) is 5.92 Å². The lowest BCUT2D eigenvalue weighted by Crippen LogP contribution is -2.35. The van der Waals surface area contributed by atoms with E-state index in [0.717, 1.165) is 37.9 Å². The Morgan fingerprint density at radius 1 is 0.655 bits per heavy atom. The summed E-state index contributed by atoms with van der Waals surface area (Å²) in [6, 6.07) is 0. The lowest BCUT2D eigenvalue weighted by molar-refractivity contribution is -0.280. The van der Waals surface area contributed by atoms with Gasteiger partial charge in [0.25, 0.3) is 0 Å². The standard InChI is InChI=1S/C23H41F5O/c1-21(2)17-13-9-6-4-3-5-7-11-15-19-29-20-16-12-8-10-14-18-22(24,25)23(26,27)28/h10,14,21H,3-9,11-13,15-20H2,1-2H3. The maximum Gasteiger partial charge on any atom is 0.453 e. The van der Waals surface area contributed by atoms with E-state index in [1.54, 1.807) is 0 Å². The molecule has 0 saturated heterocycles. The molecular weight excluding hydrogens is 387 g/mol. The zero-order valence-corrected chi connectivity index (χ0v) is 18.3. The fraction of sp³-hybridized carbons (Fsp3) is 0.913. The molecular formula is C23H41F5O. The number of rotatable bonds is 19. The maximum absolute atomic E-state index is 12.7. The topological polar surface area (TPSA) is 9.23 Å². The molecule has 0 N–H and O–H groups in total. The SMILES string of the molecule is CC(C)CCCCCCCCCCCOCCCCC=CCC(F)(F)C(F)(F)F. The molecule has 0 aliphatic carbocycles. The van der Waals surface area contributed by atoms with Crippen molar-refractivity contribution in [1.82, 2.24) is 0 Å². The lowest BCUT2D eigenvalue weighted by Gasteiger charge is -2.17. The van der Waals surface area contributed by atoms with Crippen molar-refractivity contribution < 1.29 is 26.7 Å². The van der Waals surface area contributed by atoms with Crippen LogP contribution in [0.2, 0.25) is 0 Å². The molecule has 0 fully saturated rings. The Bertz CT molecular complexity index is 391. The first-order valence-electron chi connectivity index (χ1n) is 11.3. The summed E-state index contributed by atoms with van der Waals surface area (Å²) in [6.45, 7) is 5.91. The number of alkyl halides is 5. The number of ether oxygens (including phenoxy) is 1. The normalized spacial score (nSPS) is 13.1. The van der Waals surface area contributed by atoms with Gasteiger partial charge in [-0.05, 0) is 31.6 Å². The van der Waals surface area contributed by atoms with Gasteiger partial charge in [-0.3, -0.25) is 0 Å². The molecule has 0 amide bonds. The predicted molar refractivity (Wildman–Crippen MR) is 110 cm³/mol. The molecule has 0 aliphatic heterocycles. The molecule has 0 bridgehead atoms. The molecule has 0 spiro atoms. The Morgan fingerprint density at radius 2 is 1.14 bits per heavy atom.